The molecule has 0 heterocycles. The van der Waals surface area contributed by atoms with Crippen LogP contribution >= 0.6 is 0 Å². The Morgan fingerprint density at radius 2 is 1.64 bits per heavy atom. The largest absolute Gasteiger partial charge is 0.0877 e. The first-order valence-electron chi connectivity index (χ1n) is 6.46. The molecular weight excluding hydrogens is 168 g/mol. The summed E-state index contributed by atoms with van der Waals surface area (Å²) in [5.74, 6) is 2.74. The number of hydrogen-bond acceptors (Lipinski definition) is 0. The van der Waals surface area contributed by atoms with Crippen molar-refractivity contribution in [1.82, 2.24) is 0 Å². The predicted molar refractivity (Wildman–Crippen MR) is 62.0 cm³/mol. The molecule has 2 rings (SSSR count). The van der Waals surface area contributed by atoms with Gasteiger partial charge in [-0.3, -0.25) is 0 Å². The molecule has 0 bridgehead atoms. The summed E-state index contributed by atoms with van der Waals surface area (Å²) in [7, 11) is 0. The van der Waals surface area contributed by atoms with Crippen molar-refractivity contribution < 1.29 is 0 Å². The van der Waals surface area contributed by atoms with Crippen molar-refractivity contribution in [1.29, 1.82) is 0 Å². The van der Waals surface area contributed by atoms with Gasteiger partial charge >= 0.3 is 0 Å². The van der Waals surface area contributed by atoms with Gasteiger partial charge in [-0.05, 0) is 31.1 Å². The molecule has 1 radical (unpaired) electrons. The van der Waals surface area contributed by atoms with Gasteiger partial charge in [0.05, 0.1) is 0 Å². The molecule has 0 unspecified atom stereocenters. The fraction of sp³-hybridized carbons (Fsp3) is 0.786. The van der Waals surface area contributed by atoms with E-state index in [0.717, 1.165) is 5.92 Å². The molecule has 2 fully saturated rings. The second kappa shape index (κ2) is 5.58. The van der Waals surface area contributed by atoms with Gasteiger partial charge in [-0.1, -0.05) is 57.1 Å². The van der Waals surface area contributed by atoms with Crippen LogP contribution in [0.15, 0.2) is 12.2 Å². The van der Waals surface area contributed by atoms with Crippen molar-refractivity contribution in [3.8, 4) is 0 Å². The highest BCUT2D eigenvalue weighted by atomic mass is 14.2. The standard InChI is InChI=1S/C14H23/c1-2-7-13(8-3-1)11-6-12-14-9-4-5-10-14/h6,11,14H,1-5,7-10,12H2. The Morgan fingerprint density at radius 1 is 0.929 bits per heavy atom. The highest BCUT2D eigenvalue weighted by molar-refractivity contribution is 5.11. The van der Waals surface area contributed by atoms with Crippen molar-refractivity contribution in [2.75, 3.05) is 0 Å². The van der Waals surface area contributed by atoms with E-state index in [4.69, 9.17) is 0 Å². The van der Waals surface area contributed by atoms with E-state index in [1.165, 1.54) is 64.2 Å². The Morgan fingerprint density at radius 3 is 2.36 bits per heavy atom. The van der Waals surface area contributed by atoms with E-state index in [1.807, 2.05) is 0 Å². The second-order valence-corrected chi connectivity index (χ2v) is 5.01. The van der Waals surface area contributed by atoms with Gasteiger partial charge in [-0.25, -0.2) is 0 Å². The van der Waals surface area contributed by atoms with E-state index in [9.17, 15) is 0 Å². The Labute approximate surface area is 88.8 Å². The molecule has 14 heavy (non-hydrogen) atoms. The lowest BCUT2D eigenvalue weighted by molar-refractivity contribution is 0.546. The Bertz CT molecular complexity index is 168. The van der Waals surface area contributed by atoms with Gasteiger partial charge in [-0.2, -0.15) is 0 Å². The lowest BCUT2D eigenvalue weighted by atomic mass is 9.88. The van der Waals surface area contributed by atoms with E-state index >= 15 is 0 Å². The molecule has 0 atom stereocenters. The summed E-state index contributed by atoms with van der Waals surface area (Å²) >= 11 is 0. The number of hydrogen-bond donors (Lipinski definition) is 0. The second-order valence-electron chi connectivity index (χ2n) is 5.01. The molecule has 0 nitrogen and oxygen atoms in total. The van der Waals surface area contributed by atoms with E-state index in [2.05, 4.69) is 12.2 Å². The zero-order valence-electron chi connectivity index (χ0n) is 9.30. The molecule has 79 valence electrons. The molecular formula is C14H23. The van der Waals surface area contributed by atoms with Crippen LogP contribution in [0.1, 0.15) is 64.2 Å². The lowest BCUT2D eigenvalue weighted by Gasteiger charge is -2.17. The minimum Gasteiger partial charge on any atom is -0.0877 e. The van der Waals surface area contributed by atoms with Crippen molar-refractivity contribution >= 4 is 0 Å². The smallest absolute Gasteiger partial charge is 0.00273 e. The predicted octanol–water partition coefficient (Wildman–Crippen LogP) is 4.66. The van der Waals surface area contributed by atoms with Gasteiger partial charge in [0, 0.05) is 0 Å². The molecule has 0 saturated heterocycles. The first-order valence-corrected chi connectivity index (χ1v) is 6.46. The van der Waals surface area contributed by atoms with Crippen molar-refractivity contribution in [2.45, 2.75) is 64.2 Å². The summed E-state index contributed by atoms with van der Waals surface area (Å²) in [6, 6.07) is 0. The highest BCUT2D eigenvalue weighted by Gasteiger charge is 2.14. The third-order valence-electron chi connectivity index (χ3n) is 3.79. The minimum absolute atomic E-state index is 1.02. The van der Waals surface area contributed by atoms with Gasteiger partial charge in [-0.15, -0.1) is 0 Å². The van der Waals surface area contributed by atoms with Crippen LogP contribution in [0.25, 0.3) is 0 Å². The summed E-state index contributed by atoms with van der Waals surface area (Å²) in [6.45, 7) is 0. The van der Waals surface area contributed by atoms with E-state index in [1.54, 1.807) is 5.92 Å². The molecule has 2 aliphatic carbocycles. The fourth-order valence-corrected chi connectivity index (χ4v) is 2.85. The normalized spacial score (nSPS) is 26.3. The van der Waals surface area contributed by atoms with Crippen molar-refractivity contribution in [2.24, 2.45) is 5.92 Å². The Hall–Kier alpha value is -0.260. The molecule has 0 N–H and O–H groups in total. The maximum absolute atomic E-state index is 2.46. The van der Waals surface area contributed by atoms with E-state index in [-0.39, 0.29) is 0 Å². The van der Waals surface area contributed by atoms with Crippen LogP contribution in [-0.4, -0.2) is 0 Å². The van der Waals surface area contributed by atoms with Crippen molar-refractivity contribution in [3.63, 3.8) is 0 Å². The van der Waals surface area contributed by atoms with Crippen LogP contribution in [0, 0.1) is 11.8 Å². The van der Waals surface area contributed by atoms with Crippen LogP contribution in [-0.2, 0) is 0 Å². The van der Waals surface area contributed by atoms with E-state index in [0.29, 0.717) is 0 Å². The van der Waals surface area contributed by atoms with Gasteiger partial charge in [0.15, 0.2) is 0 Å². The van der Waals surface area contributed by atoms with Crippen LogP contribution in [0.5, 0.6) is 0 Å². The van der Waals surface area contributed by atoms with Crippen LogP contribution in [0.3, 0.4) is 0 Å². The van der Waals surface area contributed by atoms with Gasteiger partial charge in [0.2, 0.25) is 0 Å². The Balaban J connectivity index is 1.65. The zero-order chi connectivity index (χ0) is 9.64. The molecule has 0 heteroatoms. The summed E-state index contributed by atoms with van der Waals surface area (Å²) in [5, 5.41) is 0. The summed E-state index contributed by atoms with van der Waals surface area (Å²) in [4.78, 5) is 0. The number of rotatable bonds is 3. The lowest BCUT2D eigenvalue weighted by Crippen LogP contribution is -2.00. The molecule has 2 saturated carbocycles. The summed E-state index contributed by atoms with van der Waals surface area (Å²) < 4.78 is 0. The minimum atomic E-state index is 1.02. The van der Waals surface area contributed by atoms with Gasteiger partial charge < -0.3 is 0 Å². The fourth-order valence-electron chi connectivity index (χ4n) is 2.85. The monoisotopic (exact) mass is 191 g/mol. The average molecular weight is 191 g/mol. The van der Waals surface area contributed by atoms with E-state index < -0.39 is 0 Å². The Kier molecular flexibility index (Phi) is 4.09. The molecule has 0 aromatic heterocycles. The van der Waals surface area contributed by atoms with Gasteiger partial charge in [0.25, 0.3) is 0 Å². The third-order valence-corrected chi connectivity index (χ3v) is 3.79. The van der Waals surface area contributed by atoms with Crippen LogP contribution in [0.2, 0.25) is 0 Å². The topological polar surface area (TPSA) is 0 Å². The molecule has 0 amide bonds. The van der Waals surface area contributed by atoms with Crippen LogP contribution in [0.4, 0.5) is 0 Å². The highest BCUT2D eigenvalue weighted by Crippen LogP contribution is 2.30. The maximum Gasteiger partial charge on any atom is -0.00273 e. The summed E-state index contributed by atoms with van der Waals surface area (Å²) in [5.41, 5.74) is 0. The maximum atomic E-state index is 2.46. The SMILES string of the molecule is C(=C[C]1CCCCC1)CC1CCCC1. The first-order chi connectivity index (χ1) is 6.95. The number of allylic oxidation sites excluding steroid dienone is 2. The third kappa shape index (κ3) is 3.15. The zero-order valence-corrected chi connectivity index (χ0v) is 9.30. The first kappa shape index (κ1) is 10.3. The molecule has 0 spiro atoms. The molecule has 0 aliphatic heterocycles. The molecule has 2 aliphatic rings. The molecule has 0 aromatic carbocycles. The average Bonchev–Trinajstić information content (AvgIpc) is 2.72. The molecule has 0 aromatic rings. The summed E-state index contributed by atoms with van der Waals surface area (Å²) in [6.07, 6.45) is 19.3. The van der Waals surface area contributed by atoms with Gasteiger partial charge in [0.1, 0.15) is 0 Å². The quantitative estimate of drug-likeness (QED) is 0.608. The van der Waals surface area contributed by atoms with Crippen molar-refractivity contribution in [3.05, 3.63) is 18.1 Å². The van der Waals surface area contributed by atoms with Crippen LogP contribution < -0.4 is 0 Å².